The number of esters is 4. The maximum atomic E-state index is 13.4. The molecule has 0 N–H and O–H groups in total. The summed E-state index contributed by atoms with van der Waals surface area (Å²) >= 11 is 28.7. The second-order valence-corrected chi connectivity index (χ2v) is 40.5. The van der Waals surface area contributed by atoms with E-state index in [9.17, 15) is 38.4 Å². The number of Topliss-reactive ketones (excluding diaryl/α,β-unsaturated/α-hetero) is 4. The van der Waals surface area contributed by atoms with E-state index in [4.69, 9.17) is 56.8 Å². The number of rotatable bonds is 60. The van der Waals surface area contributed by atoms with Gasteiger partial charge in [-0.15, -0.1) is 0 Å². The van der Waals surface area contributed by atoms with Gasteiger partial charge in [0.1, 0.15) is 69.1 Å². The van der Waals surface area contributed by atoms with Crippen molar-refractivity contribution >= 4 is 174 Å². The fourth-order valence-corrected chi connectivity index (χ4v) is 22.5. The van der Waals surface area contributed by atoms with Crippen molar-refractivity contribution in [1.82, 2.24) is 0 Å². The minimum atomic E-state index is -0.515. The summed E-state index contributed by atoms with van der Waals surface area (Å²) in [6.07, 6.45) is 11.5. The molecule has 0 saturated heterocycles. The predicted molar refractivity (Wildman–Crippen MR) is 585 cm³/mol. The molecule has 0 fully saturated rings. The Morgan fingerprint density at radius 3 is 0.486 bits per heavy atom. The number of hydrogen-bond donors (Lipinski definition) is 0. The highest BCUT2D eigenvalue weighted by molar-refractivity contribution is 9.12. The van der Waals surface area contributed by atoms with Crippen molar-refractivity contribution in [2.24, 2.45) is 47.3 Å². The van der Waals surface area contributed by atoms with Crippen molar-refractivity contribution in [3.8, 4) is 46.0 Å². The monoisotopic (exact) mass is 2440 g/mol. The van der Waals surface area contributed by atoms with E-state index in [1.807, 2.05) is 201 Å². The lowest BCUT2D eigenvalue weighted by Gasteiger charge is -2.20. The van der Waals surface area contributed by atoms with Crippen LogP contribution >= 0.6 is 127 Å². The number of ether oxygens (including phenoxy) is 12. The molecule has 768 valence electrons. The first-order valence-electron chi connectivity index (χ1n) is 49.4. The smallest absolute Gasteiger partial charge is 0.309 e. The lowest BCUT2D eigenvalue weighted by atomic mass is 9.85. The van der Waals surface area contributed by atoms with E-state index >= 15 is 0 Å². The molecular formula is C112H144Br8O20. The van der Waals surface area contributed by atoms with E-state index in [-0.39, 0.29) is 96.4 Å². The standard InChI is InChI=1S/4C28H36Br2O5/c4*1-5-9-21(15-20-16-24(29)27(34-7-3)25(30)17-20)26(31)18-22(28(32)35-8-4)14-19-10-12-23(13-11-19)33-6-2/h4*10-13,16-17,21-22H,5-9,14-15,18H2,1-4H3. The fraction of sp³-hybridized carbons (Fsp3) is 0.500. The zero-order valence-corrected chi connectivity index (χ0v) is 97.0. The molecule has 28 heteroatoms. The number of halogens is 8. The molecule has 0 spiro atoms. The van der Waals surface area contributed by atoms with E-state index in [1.165, 1.54) is 0 Å². The molecule has 0 aromatic heterocycles. The number of benzene rings is 8. The molecule has 0 aliphatic heterocycles. The Labute approximate surface area is 899 Å². The summed E-state index contributed by atoms with van der Waals surface area (Å²) < 4.78 is 72.9. The molecule has 8 aromatic carbocycles. The van der Waals surface area contributed by atoms with Crippen molar-refractivity contribution in [1.29, 1.82) is 0 Å². The maximum absolute atomic E-state index is 13.4. The fourth-order valence-electron chi connectivity index (χ4n) is 16.4. The topological polar surface area (TPSA) is 247 Å². The Hall–Kier alpha value is -7.44. The Morgan fingerprint density at radius 1 is 0.200 bits per heavy atom. The van der Waals surface area contributed by atoms with Gasteiger partial charge in [-0.3, -0.25) is 38.4 Å². The average molecular weight is 2450 g/mol. The van der Waals surface area contributed by atoms with Gasteiger partial charge in [0.2, 0.25) is 0 Å². The quantitative estimate of drug-likeness (QED) is 0.0254. The van der Waals surface area contributed by atoms with Crippen LogP contribution in [0.15, 0.2) is 181 Å². The molecular weight excluding hydrogens is 2300 g/mol. The average Bonchev–Trinajstić information content (AvgIpc) is 0.837. The number of ketones is 4. The molecule has 0 amide bonds. The van der Waals surface area contributed by atoms with E-state index in [1.54, 1.807) is 27.7 Å². The summed E-state index contributed by atoms with van der Waals surface area (Å²) in [6.45, 7) is 36.8. The van der Waals surface area contributed by atoms with Crippen molar-refractivity contribution in [3.05, 3.63) is 226 Å². The Bertz CT molecular complexity index is 4370. The lowest BCUT2D eigenvalue weighted by molar-refractivity contribution is -0.150. The molecule has 0 saturated carbocycles. The van der Waals surface area contributed by atoms with Crippen LogP contribution in [0.25, 0.3) is 0 Å². The highest BCUT2D eigenvalue weighted by Crippen LogP contribution is 2.42. The molecule has 0 aliphatic carbocycles. The zero-order chi connectivity index (χ0) is 103. The summed E-state index contributed by atoms with van der Waals surface area (Å²) in [6, 6.07) is 46.8. The van der Waals surface area contributed by atoms with Gasteiger partial charge in [0, 0.05) is 49.4 Å². The van der Waals surface area contributed by atoms with Crippen molar-refractivity contribution in [3.63, 3.8) is 0 Å². The Morgan fingerprint density at radius 2 is 0.350 bits per heavy atom. The van der Waals surface area contributed by atoms with Gasteiger partial charge >= 0.3 is 23.9 Å². The van der Waals surface area contributed by atoms with Gasteiger partial charge in [0.05, 0.1) is 139 Å². The molecule has 8 atom stereocenters. The minimum Gasteiger partial charge on any atom is -0.494 e. The molecule has 140 heavy (non-hydrogen) atoms. The van der Waals surface area contributed by atoms with Gasteiger partial charge in [0.25, 0.3) is 0 Å². The summed E-state index contributed by atoms with van der Waals surface area (Å²) in [7, 11) is 0. The van der Waals surface area contributed by atoms with Crippen molar-refractivity contribution in [2.75, 3.05) is 79.3 Å². The van der Waals surface area contributed by atoms with Crippen LogP contribution in [0.4, 0.5) is 0 Å². The van der Waals surface area contributed by atoms with Crippen molar-refractivity contribution < 1.29 is 95.2 Å². The van der Waals surface area contributed by atoms with Gasteiger partial charge in [-0.05, 0) is 429 Å². The Kier molecular flexibility index (Phi) is 60.4. The van der Waals surface area contributed by atoms with Crippen LogP contribution in [0.5, 0.6) is 46.0 Å². The highest BCUT2D eigenvalue weighted by Gasteiger charge is 2.34. The van der Waals surface area contributed by atoms with Gasteiger partial charge in [-0.1, -0.05) is 102 Å². The number of hydrogen-bond acceptors (Lipinski definition) is 20. The van der Waals surface area contributed by atoms with Crippen LogP contribution in [0.2, 0.25) is 0 Å². The van der Waals surface area contributed by atoms with Crippen LogP contribution in [0, 0.1) is 47.3 Å². The predicted octanol–water partition coefficient (Wildman–Crippen LogP) is 29.4. The van der Waals surface area contributed by atoms with Crippen LogP contribution in [0.1, 0.15) is 232 Å². The number of carbonyl (C=O) groups excluding carboxylic acids is 8. The Balaban J connectivity index is 0.000000329. The number of carbonyl (C=O) groups is 8. The van der Waals surface area contributed by atoms with E-state index < -0.39 is 23.7 Å². The van der Waals surface area contributed by atoms with Gasteiger partial charge in [-0.25, -0.2) is 0 Å². The molecule has 0 aliphatic rings. The first-order chi connectivity index (χ1) is 67.3. The third-order valence-corrected chi connectivity index (χ3v) is 27.5. The molecule has 20 nitrogen and oxygen atoms in total. The summed E-state index contributed by atoms with van der Waals surface area (Å²) in [4.78, 5) is 105. The second kappa shape index (κ2) is 68.8. The lowest BCUT2D eigenvalue weighted by Crippen LogP contribution is -2.27. The van der Waals surface area contributed by atoms with Crippen LogP contribution < -0.4 is 37.9 Å². The SMILES string of the molecule is CCCC(Cc1cc(Br)c(OCC)c(Br)c1)C(=O)CC(Cc1ccc(OCC)cc1)C(=O)OCC.CCCC(Cc1cc(Br)c(OCC)c(Br)c1)C(=O)CC(Cc1ccc(OCC)cc1)C(=O)OCC.CCCC(Cc1cc(Br)c(OCC)c(Br)c1)C(=O)CC(Cc1ccc(OCC)cc1)C(=O)OCC.CCCC(Cc1cc(Br)c(OCC)c(Br)c1)C(=O)CC(Cc1ccc(OCC)cc1)C(=O)OCC. The molecule has 8 unspecified atom stereocenters. The van der Waals surface area contributed by atoms with Crippen LogP contribution in [-0.4, -0.2) is 126 Å². The normalized spacial score (nSPS) is 12.6. The first-order valence-corrected chi connectivity index (χ1v) is 55.7. The minimum absolute atomic E-state index is 0.0944. The maximum Gasteiger partial charge on any atom is 0.309 e. The van der Waals surface area contributed by atoms with E-state index in [2.05, 4.69) is 155 Å². The second-order valence-electron chi connectivity index (χ2n) is 33.6. The van der Waals surface area contributed by atoms with Gasteiger partial charge < -0.3 is 56.8 Å². The molecule has 0 heterocycles. The molecule has 0 bridgehead atoms. The highest BCUT2D eigenvalue weighted by atomic mass is 79.9. The summed E-state index contributed by atoms with van der Waals surface area (Å²) in [5.41, 5.74) is 8.07. The summed E-state index contributed by atoms with van der Waals surface area (Å²) in [5.74, 6) is 2.52. The van der Waals surface area contributed by atoms with Gasteiger partial charge in [-0.2, -0.15) is 0 Å². The third kappa shape index (κ3) is 43.5. The summed E-state index contributed by atoms with van der Waals surface area (Å²) in [5, 5.41) is 0. The zero-order valence-electron chi connectivity index (χ0n) is 84.3. The third-order valence-electron chi connectivity index (χ3n) is 22.8. The molecule has 8 rings (SSSR count). The first kappa shape index (κ1) is 123. The van der Waals surface area contributed by atoms with Crippen LogP contribution in [0.3, 0.4) is 0 Å². The molecule has 8 aromatic rings. The van der Waals surface area contributed by atoms with E-state index in [0.29, 0.717) is 131 Å². The van der Waals surface area contributed by atoms with Crippen LogP contribution in [-0.2, 0) is 109 Å². The van der Waals surface area contributed by atoms with E-state index in [0.717, 1.165) is 178 Å². The van der Waals surface area contributed by atoms with Gasteiger partial charge in [0.15, 0.2) is 0 Å². The largest absolute Gasteiger partial charge is 0.494 e. The molecule has 0 radical (unpaired) electrons. The van der Waals surface area contributed by atoms with Crippen molar-refractivity contribution in [2.45, 2.75) is 239 Å².